The number of carbonyl (C=O) groups is 1. The van der Waals surface area contributed by atoms with Gasteiger partial charge in [0.1, 0.15) is 17.2 Å². The standard InChI is InChI=1S/C30H32O4/c1-4-18-33-29-21-27(22-31)30(34-19-5-2)20-26(29)15-12-24-9-6-23(7-10-24)8-11-25-13-16-28(32-3)17-14-25/h6-17,20-22H,4-5,18-19H2,1-3H3/b11-8+,15-12+. The molecule has 0 bridgehead atoms. The van der Waals surface area contributed by atoms with E-state index in [0.717, 1.165) is 47.1 Å². The van der Waals surface area contributed by atoms with Crippen molar-refractivity contribution in [2.24, 2.45) is 0 Å². The highest BCUT2D eigenvalue weighted by Crippen LogP contribution is 2.30. The minimum absolute atomic E-state index is 0.504. The molecular weight excluding hydrogens is 424 g/mol. The Morgan fingerprint density at radius 2 is 1.09 bits per heavy atom. The number of methoxy groups -OCH3 is 1. The van der Waals surface area contributed by atoms with Gasteiger partial charge in [-0.25, -0.2) is 0 Å². The summed E-state index contributed by atoms with van der Waals surface area (Å²) in [6.45, 7) is 5.24. The molecule has 0 atom stereocenters. The molecule has 4 nitrogen and oxygen atoms in total. The summed E-state index contributed by atoms with van der Waals surface area (Å²) in [5.41, 5.74) is 4.69. The topological polar surface area (TPSA) is 44.8 Å². The van der Waals surface area contributed by atoms with Crippen molar-refractivity contribution in [3.8, 4) is 17.2 Å². The molecule has 0 fully saturated rings. The zero-order valence-corrected chi connectivity index (χ0v) is 20.1. The Labute approximate surface area is 202 Å². The van der Waals surface area contributed by atoms with Crippen LogP contribution in [-0.2, 0) is 0 Å². The van der Waals surface area contributed by atoms with E-state index in [-0.39, 0.29) is 0 Å². The molecule has 4 heteroatoms. The fourth-order valence-corrected chi connectivity index (χ4v) is 3.30. The molecule has 0 saturated carbocycles. The van der Waals surface area contributed by atoms with Gasteiger partial charge in [0.15, 0.2) is 6.29 Å². The first kappa shape index (κ1) is 24.8. The molecule has 0 aliphatic carbocycles. The number of aldehydes is 1. The zero-order valence-electron chi connectivity index (χ0n) is 20.1. The maximum atomic E-state index is 11.5. The highest BCUT2D eigenvalue weighted by molar-refractivity contribution is 5.83. The Morgan fingerprint density at radius 3 is 1.56 bits per heavy atom. The first-order valence-corrected chi connectivity index (χ1v) is 11.7. The van der Waals surface area contributed by atoms with Gasteiger partial charge in [0.25, 0.3) is 0 Å². The molecule has 0 aliphatic heterocycles. The summed E-state index contributed by atoms with van der Waals surface area (Å²) in [5.74, 6) is 2.11. The molecule has 0 aromatic heterocycles. The van der Waals surface area contributed by atoms with Crippen molar-refractivity contribution in [1.29, 1.82) is 0 Å². The van der Waals surface area contributed by atoms with E-state index < -0.39 is 0 Å². The van der Waals surface area contributed by atoms with Crippen LogP contribution < -0.4 is 14.2 Å². The van der Waals surface area contributed by atoms with Gasteiger partial charge >= 0.3 is 0 Å². The molecule has 0 amide bonds. The number of rotatable bonds is 12. The van der Waals surface area contributed by atoms with E-state index in [1.807, 2.05) is 49.4 Å². The Kier molecular flexibility index (Phi) is 9.53. The minimum Gasteiger partial charge on any atom is -0.497 e. The fraction of sp³-hybridized carbons (Fsp3) is 0.233. The second-order valence-corrected chi connectivity index (χ2v) is 7.85. The molecule has 3 rings (SSSR count). The number of benzene rings is 3. The lowest BCUT2D eigenvalue weighted by Crippen LogP contribution is -2.02. The van der Waals surface area contributed by atoms with E-state index in [9.17, 15) is 4.79 Å². The lowest BCUT2D eigenvalue weighted by Gasteiger charge is -2.13. The molecule has 0 aliphatic rings. The smallest absolute Gasteiger partial charge is 0.153 e. The van der Waals surface area contributed by atoms with Gasteiger partial charge in [0, 0.05) is 5.56 Å². The van der Waals surface area contributed by atoms with Gasteiger partial charge in [-0.2, -0.15) is 0 Å². The largest absolute Gasteiger partial charge is 0.497 e. The molecule has 0 spiro atoms. The summed E-state index contributed by atoms with van der Waals surface area (Å²) < 4.78 is 16.9. The summed E-state index contributed by atoms with van der Waals surface area (Å²) in [6.07, 6.45) is 10.8. The van der Waals surface area contributed by atoms with Crippen molar-refractivity contribution >= 4 is 30.6 Å². The molecule has 3 aromatic carbocycles. The Morgan fingerprint density at radius 1 is 0.647 bits per heavy atom. The van der Waals surface area contributed by atoms with Crippen LogP contribution in [0.3, 0.4) is 0 Å². The highest BCUT2D eigenvalue weighted by Gasteiger charge is 2.10. The van der Waals surface area contributed by atoms with E-state index in [0.29, 0.717) is 30.3 Å². The minimum atomic E-state index is 0.504. The van der Waals surface area contributed by atoms with E-state index in [2.05, 4.69) is 43.3 Å². The Balaban J connectivity index is 1.77. The van der Waals surface area contributed by atoms with Crippen molar-refractivity contribution in [3.63, 3.8) is 0 Å². The average Bonchev–Trinajstić information content (AvgIpc) is 2.89. The molecule has 0 unspecified atom stereocenters. The van der Waals surface area contributed by atoms with Gasteiger partial charge in [-0.1, -0.05) is 74.5 Å². The third-order valence-electron chi connectivity index (χ3n) is 5.17. The second-order valence-electron chi connectivity index (χ2n) is 7.85. The molecule has 0 saturated heterocycles. The summed E-state index contributed by atoms with van der Waals surface area (Å²) >= 11 is 0. The van der Waals surface area contributed by atoms with Crippen LogP contribution in [0.5, 0.6) is 17.2 Å². The van der Waals surface area contributed by atoms with Crippen LogP contribution in [0.2, 0.25) is 0 Å². The molecular formula is C30H32O4. The number of hydrogen-bond donors (Lipinski definition) is 0. The van der Waals surface area contributed by atoms with Gasteiger partial charge in [-0.15, -0.1) is 0 Å². The van der Waals surface area contributed by atoms with Crippen LogP contribution in [0.25, 0.3) is 24.3 Å². The van der Waals surface area contributed by atoms with Crippen LogP contribution in [-0.4, -0.2) is 26.6 Å². The Bertz CT molecular complexity index is 1110. The van der Waals surface area contributed by atoms with E-state index in [1.165, 1.54) is 0 Å². The lowest BCUT2D eigenvalue weighted by molar-refractivity contribution is 0.111. The summed E-state index contributed by atoms with van der Waals surface area (Å²) in [6, 6.07) is 19.9. The van der Waals surface area contributed by atoms with E-state index in [1.54, 1.807) is 13.2 Å². The molecule has 0 radical (unpaired) electrons. The van der Waals surface area contributed by atoms with E-state index in [4.69, 9.17) is 14.2 Å². The SMILES string of the molecule is CCCOc1cc(/C=C/c2ccc(/C=C/c3ccc(OC)cc3)cc2)c(OCCC)cc1C=O. The molecule has 3 aromatic rings. The van der Waals surface area contributed by atoms with Crippen LogP contribution in [0.4, 0.5) is 0 Å². The van der Waals surface area contributed by atoms with Crippen molar-refractivity contribution < 1.29 is 19.0 Å². The fourth-order valence-electron chi connectivity index (χ4n) is 3.30. The molecule has 34 heavy (non-hydrogen) atoms. The van der Waals surface area contributed by atoms with Crippen molar-refractivity contribution in [2.75, 3.05) is 20.3 Å². The number of hydrogen-bond acceptors (Lipinski definition) is 4. The van der Waals surface area contributed by atoms with Crippen molar-refractivity contribution in [1.82, 2.24) is 0 Å². The summed E-state index contributed by atoms with van der Waals surface area (Å²) in [7, 11) is 1.67. The van der Waals surface area contributed by atoms with Crippen molar-refractivity contribution in [3.05, 3.63) is 88.5 Å². The van der Waals surface area contributed by atoms with Crippen molar-refractivity contribution in [2.45, 2.75) is 26.7 Å². The molecule has 176 valence electrons. The third kappa shape index (κ3) is 7.11. The maximum absolute atomic E-state index is 11.5. The predicted octanol–water partition coefficient (Wildman–Crippen LogP) is 7.43. The summed E-state index contributed by atoms with van der Waals surface area (Å²) in [4.78, 5) is 11.5. The molecule has 0 heterocycles. The van der Waals surface area contributed by atoms with Gasteiger partial charge in [0.05, 0.1) is 25.9 Å². The normalized spacial score (nSPS) is 11.1. The predicted molar refractivity (Wildman–Crippen MR) is 141 cm³/mol. The highest BCUT2D eigenvalue weighted by atomic mass is 16.5. The first-order chi connectivity index (χ1) is 16.7. The quantitative estimate of drug-likeness (QED) is 0.210. The maximum Gasteiger partial charge on any atom is 0.153 e. The third-order valence-corrected chi connectivity index (χ3v) is 5.17. The lowest BCUT2D eigenvalue weighted by atomic mass is 10.1. The zero-order chi connectivity index (χ0) is 24.2. The van der Waals surface area contributed by atoms with Gasteiger partial charge in [0.2, 0.25) is 0 Å². The Hall–Kier alpha value is -3.79. The number of carbonyl (C=O) groups excluding carboxylic acids is 1. The molecule has 0 N–H and O–H groups in total. The van der Waals surface area contributed by atoms with E-state index >= 15 is 0 Å². The van der Waals surface area contributed by atoms with Gasteiger partial charge in [-0.3, -0.25) is 4.79 Å². The average molecular weight is 457 g/mol. The van der Waals surface area contributed by atoms with Crippen LogP contribution >= 0.6 is 0 Å². The van der Waals surface area contributed by atoms with Gasteiger partial charge in [-0.05, 0) is 53.8 Å². The first-order valence-electron chi connectivity index (χ1n) is 11.7. The van der Waals surface area contributed by atoms with Crippen LogP contribution in [0.1, 0.15) is 59.3 Å². The number of ether oxygens (including phenoxy) is 3. The monoisotopic (exact) mass is 456 g/mol. The van der Waals surface area contributed by atoms with Crippen LogP contribution in [0, 0.1) is 0 Å². The summed E-state index contributed by atoms with van der Waals surface area (Å²) in [5, 5.41) is 0. The van der Waals surface area contributed by atoms with Gasteiger partial charge < -0.3 is 14.2 Å². The second kappa shape index (κ2) is 13.0. The van der Waals surface area contributed by atoms with Crippen LogP contribution in [0.15, 0.2) is 60.7 Å².